The van der Waals surface area contributed by atoms with Crippen molar-refractivity contribution in [3.8, 4) is 0 Å². The van der Waals surface area contributed by atoms with Crippen LogP contribution >= 0.6 is 11.8 Å². The lowest BCUT2D eigenvalue weighted by Crippen LogP contribution is -2.69. The van der Waals surface area contributed by atoms with Crippen molar-refractivity contribution in [3.63, 3.8) is 0 Å². The van der Waals surface area contributed by atoms with Gasteiger partial charge in [-0.1, -0.05) is 19.8 Å². The predicted octanol–water partition coefficient (Wildman–Crippen LogP) is 2.18. The van der Waals surface area contributed by atoms with E-state index >= 15 is 0 Å². The summed E-state index contributed by atoms with van der Waals surface area (Å²) in [6, 6.07) is -0.355. The van der Waals surface area contributed by atoms with E-state index in [1.807, 2.05) is 37.4 Å². The Bertz CT molecular complexity index is 407. The van der Waals surface area contributed by atoms with Gasteiger partial charge in [-0.15, -0.1) is 0 Å². The van der Waals surface area contributed by atoms with Crippen LogP contribution in [-0.4, -0.2) is 45.8 Å². The van der Waals surface area contributed by atoms with Crippen LogP contribution in [0.1, 0.15) is 52.9 Å². The Morgan fingerprint density at radius 3 is 2.45 bits per heavy atom. The highest BCUT2D eigenvalue weighted by Gasteiger charge is 2.48. The first kappa shape index (κ1) is 15.7. The Morgan fingerprint density at radius 2 is 1.95 bits per heavy atom. The summed E-state index contributed by atoms with van der Waals surface area (Å²) < 4.78 is 0.149. The largest absolute Gasteiger partial charge is 0.340 e. The molecule has 1 N–H and O–H groups in total. The van der Waals surface area contributed by atoms with Crippen LogP contribution in [0.2, 0.25) is 0 Å². The van der Waals surface area contributed by atoms with Gasteiger partial charge in [0.15, 0.2) is 0 Å². The van der Waals surface area contributed by atoms with Crippen molar-refractivity contribution in [2.75, 3.05) is 12.8 Å². The van der Waals surface area contributed by atoms with Crippen molar-refractivity contribution in [1.29, 1.82) is 0 Å². The molecule has 5 heteroatoms. The summed E-state index contributed by atoms with van der Waals surface area (Å²) in [5, 5.41) is 2.89. The Balaban J connectivity index is 2.23. The van der Waals surface area contributed by atoms with Gasteiger partial charge in [-0.2, -0.15) is 11.8 Å². The fourth-order valence-electron chi connectivity index (χ4n) is 3.27. The van der Waals surface area contributed by atoms with Crippen LogP contribution in [0.5, 0.6) is 0 Å². The molecule has 0 bridgehead atoms. The number of nitrogens with zero attached hydrogens (tertiary/aromatic N) is 1. The van der Waals surface area contributed by atoms with E-state index < -0.39 is 5.54 Å². The zero-order valence-electron chi connectivity index (χ0n) is 13.0. The van der Waals surface area contributed by atoms with Crippen LogP contribution in [0.25, 0.3) is 0 Å². The maximum atomic E-state index is 12.8. The maximum Gasteiger partial charge on any atom is 0.248 e. The smallest absolute Gasteiger partial charge is 0.248 e. The second kappa shape index (κ2) is 5.58. The minimum absolute atomic E-state index is 0.0248. The molecule has 0 aromatic carbocycles. The molecular weight excluding hydrogens is 272 g/mol. The highest BCUT2D eigenvalue weighted by molar-refractivity contribution is 8.00. The number of thioether (sulfide) groups is 1. The summed E-state index contributed by atoms with van der Waals surface area (Å²) in [7, 11) is 0. The summed E-state index contributed by atoms with van der Waals surface area (Å²) in [5.41, 5.74) is -0.734. The molecule has 114 valence electrons. The summed E-state index contributed by atoms with van der Waals surface area (Å²) in [4.78, 5) is 26.8. The molecule has 1 heterocycles. The van der Waals surface area contributed by atoms with Crippen LogP contribution in [0.3, 0.4) is 0 Å². The molecule has 4 nitrogen and oxygen atoms in total. The standard InChI is InChI=1S/C15H26N2O2S/c1-5-14(3)13(19)17(11(2)12(18)16-14)10-15(20-4)8-6-7-9-15/h11H,5-10H2,1-4H3,(H,16,18). The lowest BCUT2D eigenvalue weighted by molar-refractivity contribution is -0.154. The fraction of sp³-hybridized carbons (Fsp3) is 0.867. The van der Waals surface area contributed by atoms with Gasteiger partial charge in [0.1, 0.15) is 11.6 Å². The average Bonchev–Trinajstić information content (AvgIpc) is 2.91. The lowest BCUT2D eigenvalue weighted by atomic mass is 9.91. The van der Waals surface area contributed by atoms with E-state index in [0.29, 0.717) is 13.0 Å². The summed E-state index contributed by atoms with van der Waals surface area (Å²) in [5.74, 6) is 0.0515. The molecule has 1 aliphatic heterocycles. The molecule has 2 unspecified atom stereocenters. The molecule has 0 radical (unpaired) electrons. The number of carbonyl (C=O) groups is 2. The Morgan fingerprint density at radius 1 is 1.35 bits per heavy atom. The van der Waals surface area contributed by atoms with E-state index in [0.717, 1.165) is 12.8 Å². The first-order chi connectivity index (χ1) is 9.37. The number of piperazine rings is 1. The van der Waals surface area contributed by atoms with Gasteiger partial charge in [-0.3, -0.25) is 9.59 Å². The van der Waals surface area contributed by atoms with Crippen molar-refractivity contribution in [3.05, 3.63) is 0 Å². The highest BCUT2D eigenvalue weighted by atomic mass is 32.2. The zero-order valence-corrected chi connectivity index (χ0v) is 13.8. The van der Waals surface area contributed by atoms with Crippen LogP contribution < -0.4 is 5.32 Å². The van der Waals surface area contributed by atoms with Gasteiger partial charge < -0.3 is 10.2 Å². The summed E-state index contributed by atoms with van der Waals surface area (Å²) >= 11 is 1.86. The van der Waals surface area contributed by atoms with E-state index in [1.165, 1.54) is 12.8 Å². The number of rotatable bonds is 4. The molecule has 20 heavy (non-hydrogen) atoms. The molecule has 0 aromatic heterocycles. The third-order valence-electron chi connectivity index (χ3n) is 5.09. The predicted molar refractivity (Wildman–Crippen MR) is 82.7 cm³/mol. The van der Waals surface area contributed by atoms with Crippen molar-refractivity contribution >= 4 is 23.6 Å². The van der Waals surface area contributed by atoms with Crippen molar-refractivity contribution in [1.82, 2.24) is 10.2 Å². The number of carbonyl (C=O) groups excluding carboxylic acids is 2. The van der Waals surface area contributed by atoms with Crippen molar-refractivity contribution in [2.45, 2.75) is 69.2 Å². The Kier molecular flexibility index (Phi) is 4.38. The van der Waals surface area contributed by atoms with Gasteiger partial charge in [0.25, 0.3) is 0 Å². The monoisotopic (exact) mass is 298 g/mol. The number of hydrogen-bond acceptors (Lipinski definition) is 3. The highest BCUT2D eigenvalue weighted by Crippen LogP contribution is 2.41. The van der Waals surface area contributed by atoms with Crippen LogP contribution in [0, 0.1) is 0 Å². The van der Waals surface area contributed by atoms with E-state index in [2.05, 4.69) is 11.6 Å². The molecular formula is C15H26N2O2S. The number of amides is 2. The minimum Gasteiger partial charge on any atom is -0.340 e. The molecule has 0 spiro atoms. The molecule has 2 rings (SSSR count). The first-order valence-corrected chi connectivity index (χ1v) is 8.78. The normalized spacial score (nSPS) is 33.4. The van der Waals surface area contributed by atoms with E-state index in [-0.39, 0.29) is 22.6 Å². The van der Waals surface area contributed by atoms with Crippen molar-refractivity contribution < 1.29 is 9.59 Å². The molecule has 1 saturated heterocycles. The van der Waals surface area contributed by atoms with Gasteiger partial charge in [0.05, 0.1) is 0 Å². The SMILES string of the molecule is CCC1(C)NC(=O)C(C)N(CC2(SC)CCCC2)C1=O. The first-order valence-electron chi connectivity index (χ1n) is 7.56. The molecule has 2 fully saturated rings. The Hall–Kier alpha value is -0.710. The van der Waals surface area contributed by atoms with Crippen LogP contribution in [0.4, 0.5) is 0 Å². The molecule has 2 amide bonds. The third-order valence-corrected chi connectivity index (χ3v) is 6.50. The minimum atomic E-state index is -0.734. The van der Waals surface area contributed by atoms with Gasteiger partial charge in [0.2, 0.25) is 11.8 Å². The molecule has 0 aromatic rings. The Labute approximate surface area is 126 Å². The summed E-state index contributed by atoms with van der Waals surface area (Å²) in [6.07, 6.45) is 7.52. The van der Waals surface area contributed by atoms with Gasteiger partial charge in [0, 0.05) is 11.3 Å². The van der Waals surface area contributed by atoms with E-state index in [4.69, 9.17) is 0 Å². The third kappa shape index (κ3) is 2.57. The average molecular weight is 298 g/mol. The molecule has 2 atom stereocenters. The summed E-state index contributed by atoms with van der Waals surface area (Å²) in [6.45, 7) is 6.33. The van der Waals surface area contributed by atoms with Crippen molar-refractivity contribution in [2.24, 2.45) is 0 Å². The van der Waals surface area contributed by atoms with Gasteiger partial charge >= 0.3 is 0 Å². The van der Waals surface area contributed by atoms with E-state index in [9.17, 15) is 9.59 Å². The second-order valence-electron chi connectivity index (χ2n) is 6.38. The number of hydrogen-bond donors (Lipinski definition) is 1. The fourth-order valence-corrected chi connectivity index (χ4v) is 4.23. The quantitative estimate of drug-likeness (QED) is 0.865. The van der Waals surface area contributed by atoms with Gasteiger partial charge in [-0.05, 0) is 39.4 Å². The van der Waals surface area contributed by atoms with Crippen LogP contribution in [-0.2, 0) is 9.59 Å². The molecule has 2 aliphatic rings. The van der Waals surface area contributed by atoms with Gasteiger partial charge in [-0.25, -0.2) is 0 Å². The maximum absolute atomic E-state index is 12.8. The van der Waals surface area contributed by atoms with E-state index in [1.54, 1.807) is 0 Å². The van der Waals surface area contributed by atoms with Crippen LogP contribution in [0.15, 0.2) is 0 Å². The molecule has 1 saturated carbocycles. The second-order valence-corrected chi connectivity index (χ2v) is 7.65. The molecule has 1 aliphatic carbocycles. The zero-order chi connectivity index (χ0) is 15.0. The lowest BCUT2D eigenvalue weighted by Gasteiger charge is -2.46. The number of nitrogens with one attached hydrogen (secondary N) is 1. The topological polar surface area (TPSA) is 49.4 Å².